The van der Waals surface area contributed by atoms with Gasteiger partial charge in [-0.2, -0.15) is 0 Å². The van der Waals surface area contributed by atoms with Gasteiger partial charge in [0, 0.05) is 38.1 Å². The van der Waals surface area contributed by atoms with E-state index in [4.69, 9.17) is 4.74 Å². The second-order valence-electron chi connectivity index (χ2n) is 7.55. The van der Waals surface area contributed by atoms with Crippen LogP contribution in [0.5, 0.6) is 0 Å². The molecule has 0 radical (unpaired) electrons. The lowest BCUT2D eigenvalue weighted by Crippen LogP contribution is -2.51. The molecule has 2 aromatic rings. The van der Waals surface area contributed by atoms with E-state index in [2.05, 4.69) is 51.2 Å². The number of morpholine rings is 1. The van der Waals surface area contributed by atoms with E-state index >= 15 is 0 Å². The number of nitrogens with zero attached hydrogens (tertiary/aromatic N) is 3. The first-order valence-corrected chi connectivity index (χ1v) is 9.87. The smallest absolute Gasteiger partial charge is 0.0742 e. The quantitative estimate of drug-likeness (QED) is 0.828. The van der Waals surface area contributed by atoms with Gasteiger partial charge in [-0.3, -0.25) is 14.8 Å². The first-order chi connectivity index (χ1) is 12.9. The van der Waals surface area contributed by atoms with Gasteiger partial charge in [0.2, 0.25) is 0 Å². The highest BCUT2D eigenvalue weighted by Gasteiger charge is 2.29. The van der Waals surface area contributed by atoms with E-state index in [-0.39, 0.29) is 0 Å². The molecule has 1 unspecified atom stereocenters. The Morgan fingerprint density at radius 2 is 1.77 bits per heavy atom. The van der Waals surface area contributed by atoms with Crippen molar-refractivity contribution in [2.24, 2.45) is 0 Å². The Labute approximate surface area is 156 Å². The van der Waals surface area contributed by atoms with Gasteiger partial charge in [-0.05, 0) is 49.5 Å². The van der Waals surface area contributed by atoms with Crippen LogP contribution in [-0.4, -0.2) is 59.7 Å². The second kappa shape index (κ2) is 8.76. The lowest BCUT2D eigenvalue weighted by Gasteiger charge is -2.42. The predicted molar refractivity (Wildman–Crippen MR) is 104 cm³/mol. The summed E-state index contributed by atoms with van der Waals surface area (Å²) in [6, 6.07) is 15.6. The summed E-state index contributed by atoms with van der Waals surface area (Å²) in [5, 5.41) is 0. The Bertz CT molecular complexity index is 656. The summed E-state index contributed by atoms with van der Waals surface area (Å²) in [6.07, 6.45) is 7.72. The molecule has 2 saturated heterocycles. The summed E-state index contributed by atoms with van der Waals surface area (Å²) in [7, 11) is 0. The SMILES string of the molecule is c1ccc(CC2CN(C3CCN(Cc4cccnc4)CC3)CCO2)cc1. The van der Waals surface area contributed by atoms with Crippen LogP contribution in [0.3, 0.4) is 0 Å². The Kier molecular flexibility index (Phi) is 5.95. The molecule has 0 N–H and O–H groups in total. The van der Waals surface area contributed by atoms with Crippen molar-refractivity contribution < 1.29 is 4.74 Å². The molecule has 2 aliphatic rings. The van der Waals surface area contributed by atoms with Crippen LogP contribution < -0.4 is 0 Å². The van der Waals surface area contributed by atoms with Crippen LogP contribution >= 0.6 is 0 Å². The molecule has 138 valence electrons. The second-order valence-corrected chi connectivity index (χ2v) is 7.55. The summed E-state index contributed by atoms with van der Waals surface area (Å²) in [4.78, 5) is 9.48. The molecule has 0 amide bonds. The maximum atomic E-state index is 6.04. The van der Waals surface area contributed by atoms with Gasteiger partial charge in [-0.25, -0.2) is 0 Å². The number of likely N-dealkylation sites (tertiary alicyclic amines) is 1. The molecule has 4 heteroatoms. The molecular weight excluding hydrogens is 322 g/mol. The fourth-order valence-electron chi connectivity index (χ4n) is 4.27. The van der Waals surface area contributed by atoms with E-state index < -0.39 is 0 Å². The van der Waals surface area contributed by atoms with Gasteiger partial charge in [0.1, 0.15) is 0 Å². The van der Waals surface area contributed by atoms with Gasteiger partial charge in [0.25, 0.3) is 0 Å². The number of aromatic nitrogens is 1. The van der Waals surface area contributed by atoms with Crippen molar-refractivity contribution >= 4 is 0 Å². The number of rotatable bonds is 5. The van der Waals surface area contributed by atoms with Crippen LogP contribution in [0.25, 0.3) is 0 Å². The van der Waals surface area contributed by atoms with Crippen LogP contribution in [0, 0.1) is 0 Å². The minimum absolute atomic E-state index is 0.333. The summed E-state index contributed by atoms with van der Waals surface area (Å²) < 4.78 is 6.04. The van der Waals surface area contributed by atoms with Gasteiger partial charge < -0.3 is 4.74 Å². The summed E-state index contributed by atoms with van der Waals surface area (Å²) >= 11 is 0. The number of piperidine rings is 1. The molecule has 4 nitrogen and oxygen atoms in total. The largest absolute Gasteiger partial charge is 0.375 e. The third-order valence-electron chi connectivity index (χ3n) is 5.68. The molecule has 1 atom stereocenters. The van der Waals surface area contributed by atoms with Crippen molar-refractivity contribution in [3.63, 3.8) is 0 Å². The third kappa shape index (κ3) is 4.70. The first-order valence-electron chi connectivity index (χ1n) is 9.87. The van der Waals surface area contributed by atoms with Gasteiger partial charge in [-0.1, -0.05) is 36.4 Å². The lowest BCUT2D eigenvalue weighted by molar-refractivity contribution is -0.0514. The third-order valence-corrected chi connectivity index (χ3v) is 5.68. The molecule has 0 saturated carbocycles. The molecule has 2 aliphatic heterocycles. The van der Waals surface area contributed by atoms with Crippen molar-refractivity contribution in [3.05, 3.63) is 66.0 Å². The van der Waals surface area contributed by atoms with Crippen molar-refractivity contribution in [1.29, 1.82) is 0 Å². The Hall–Kier alpha value is -1.75. The van der Waals surface area contributed by atoms with Crippen molar-refractivity contribution in [2.45, 2.75) is 38.0 Å². The number of ether oxygens (including phenoxy) is 1. The predicted octanol–water partition coefficient (Wildman–Crippen LogP) is 2.99. The fraction of sp³-hybridized carbons (Fsp3) is 0.500. The standard InChI is InChI=1S/C22H29N3O/c1-2-5-19(6-3-1)15-22-18-25(13-14-26-22)21-8-11-24(12-9-21)17-20-7-4-10-23-16-20/h1-7,10,16,21-22H,8-9,11-15,17-18H2. The Morgan fingerprint density at radius 3 is 2.54 bits per heavy atom. The summed E-state index contributed by atoms with van der Waals surface area (Å²) in [6.45, 7) is 6.41. The zero-order valence-electron chi connectivity index (χ0n) is 15.5. The number of hydrogen-bond donors (Lipinski definition) is 0. The normalized spacial score (nSPS) is 23.2. The molecule has 0 bridgehead atoms. The molecule has 4 rings (SSSR count). The Morgan fingerprint density at radius 1 is 0.962 bits per heavy atom. The number of benzene rings is 1. The summed E-state index contributed by atoms with van der Waals surface area (Å²) in [5.41, 5.74) is 2.70. The molecule has 26 heavy (non-hydrogen) atoms. The zero-order valence-corrected chi connectivity index (χ0v) is 15.5. The lowest BCUT2D eigenvalue weighted by atomic mass is 10.00. The molecule has 1 aromatic carbocycles. The average Bonchev–Trinajstić information content (AvgIpc) is 2.70. The highest BCUT2D eigenvalue weighted by Crippen LogP contribution is 2.21. The van der Waals surface area contributed by atoms with Crippen LogP contribution in [0.1, 0.15) is 24.0 Å². The van der Waals surface area contributed by atoms with Crippen molar-refractivity contribution in [2.75, 3.05) is 32.8 Å². The van der Waals surface area contributed by atoms with E-state index in [1.54, 1.807) is 0 Å². The average molecular weight is 351 g/mol. The van der Waals surface area contributed by atoms with E-state index in [0.29, 0.717) is 12.1 Å². The van der Waals surface area contributed by atoms with Crippen LogP contribution in [0.2, 0.25) is 0 Å². The number of hydrogen-bond acceptors (Lipinski definition) is 4. The molecule has 2 fully saturated rings. The van der Waals surface area contributed by atoms with Crippen molar-refractivity contribution in [3.8, 4) is 0 Å². The first kappa shape index (κ1) is 17.7. The van der Waals surface area contributed by atoms with Crippen LogP contribution in [-0.2, 0) is 17.7 Å². The van der Waals surface area contributed by atoms with Crippen molar-refractivity contribution in [1.82, 2.24) is 14.8 Å². The molecule has 0 aliphatic carbocycles. The van der Waals surface area contributed by atoms with Gasteiger partial charge in [0.15, 0.2) is 0 Å². The monoisotopic (exact) mass is 351 g/mol. The number of pyridine rings is 1. The zero-order chi connectivity index (χ0) is 17.6. The van der Waals surface area contributed by atoms with E-state index in [1.165, 1.54) is 37.1 Å². The minimum atomic E-state index is 0.333. The maximum absolute atomic E-state index is 6.04. The van der Waals surface area contributed by atoms with Gasteiger partial charge in [0.05, 0.1) is 12.7 Å². The van der Waals surface area contributed by atoms with Crippen LogP contribution in [0.4, 0.5) is 0 Å². The minimum Gasteiger partial charge on any atom is -0.375 e. The topological polar surface area (TPSA) is 28.6 Å². The fourth-order valence-corrected chi connectivity index (χ4v) is 4.27. The summed E-state index contributed by atoms with van der Waals surface area (Å²) in [5.74, 6) is 0. The molecule has 1 aromatic heterocycles. The van der Waals surface area contributed by atoms with Gasteiger partial charge >= 0.3 is 0 Å². The Balaban J connectivity index is 1.26. The molecular formula is C22H29N3O. The molecule has 0 spiro atoms. The van der Waals surface area contributed by atoms with E-state index in [9.17, 15) is 0 Å². The van der Waals surface area contributed by atoms with E-state index in [1.807, 2.05) is 18.5 Å². The maximum Gasteiger partial charge on any atom is 0.0742 e. The van der Waals surface area contributed by atoms with E-state index in [0.717, 1.165) is 32.7 Å². The van der Waals surface area contributed by atoms with Crippen LogP contribution in [0.15, 0.2) is 54.9 Å². The molecule has 3 heterocycles. The highest BCUT2D eigenvalue weighted by molar-refractivity contribution is 5.15. The van der Waals surface area contributed by atoms with Gasteiger partial charge in [-0.15, -0.1) is 0 Å². The highest BCUT2D eigenvalue weighted by atomic mass is 16.5.